The van der Waals surface area contributed by atoms with Crippen molar-refractivity contribution in [2.75, 3.05) is 6.54 Å². The lowest BCUT2D eigenvalue weighted by Crippen LogP contribution is -2.41. The molecule has 1 aromatic rings. The summed E-state index contributed by atoms with van der Waals surface area (Å²) in [6.07, 6.45) is 3.23. The van der Waals surface area contributed by atoms with Crippen molar-refractivity contribution in [3.8, 4) is 0 Å². The molecule has 28 heavy (non-hydrogen) atoms. The van der Waals surface area contributed by atoms with Gasteiger partial charge < -0.3 is 19.0 Å². The van der Waals surface area contributed by atoms with Gasteiger partial charge in [-0.2, -0.15) is 0 Å². The molecule has 3 rings (SSSR count). The van der Waals surface area contributed by atoms with E-state index in [2.05, 4.69) is 9.97 Å². The van der Waals surface area contributed by atoms with Gasteiger partial charge in [0.1, 0.15) is 11.4 Å². The van der Waals surface area contributed by atoms with E-state index in [1.54, 1.807) is 11.1 Å². The Labute approximate surface area is 169 Å². The Kier molecular flexibility index (Phi) is 6.56. The normalized spacial score (nSPS) is 23.4. The van der Waals surface area contributed by atoms with Crippen molar-refractivity contribution < 1.29 is 18.8 Å². The van der Waals surface area contributed by atoms with E-state index in [-0.39, 0.29) is 12.1 Å². The molecule has 2 aliphatic rings. The highest BCUT2D eigenvalue weighted by Crippen LogP contribution is 2.37. The van der Waals surface area contributed by atoms with E-state index < -0.39 is 23.9 Å². The molecule has 2 saturated heterocycles. The minimum Gasteiger partial charge on any atom is -0.444 e. The van der Waals surface area contributed by atoms with Crippen molar-refractivity contribution in [1.29, 1.82) is 0 Å². The van der Waals surface area contributed by atoms with Gasteiger partial charge >= 0.3 is 13.2 Å². The maximum atomic E-state index is 12.5. The van der Waals surface area contributed by atoms with Gasteiger partial charge in [-0.05, 0) is 61.3 Å². The maximum Gasteiger partial charge on any atom is 0.513 e. The molecule has 1 unspecified atom stereocenters. The van der Waals surface area contributed by atoms with Crippen LogP contribution in [0.15, 0.2) is 6.20 Å². The predicted octanol–water partition coefficient (Wildman–Crippen LogP) is 3.81. The van der Waals surface area contributed by atoms with Crippen LogP contribution in [0, 0.1) is 0 Å². The molecule has 8 heteroatoms. The van der Waals surface area contributed by atoms with Gasteiger partial charge in [-0.25, -0.2) is 9.78 Å². The third kappa shape index (κ3) is 4.71. The van der Waals surface area contributed by atoms with Gasteiger partial charge in [-0.1, -0.05) is 13.8 Å². The summed E-state index contributed by atoms with van der Waals surface area (Å²) in [7, 11) is -0.488. The van der Waals surface area contributed by atoms with Crippen molar-refractivity contribution in [3.05, 3.63) is 12.0 Å². The molecular weight excluding hydrogens is 357 g/mol. The minimum atomic E-state index is -0.513. The first-order chi connectivity index (χ1) is 12.9. The van der Waals surface area contributed by atoms with Gasteiger partial charge in [0.05, 0.1) is 22.8 Å². The van der Waals surface area contributed by atoms with Crippen LogP contribution in [0.4, 0.5) is 4.79 Å². The number of hydrogen-bond acceptors (Lipinski definition) is 5. The lowest BCUT2D eigenvalue weighted by Gasteiger charge is -2.32. The first kappa shape index (κ1) is 22.8. The summed E-state index contributed by atoms with van der Waals surface area (Å²) in [6, 6.07) is -0.110. The van der Waals surface area contributed by atoms with Crippen LogP contribution in [-0.2, 0) is 14.0 Å². The molecule has 0 bridgehead atoms. The van der Waals surface area contributed by atoms with Crippen LogP contribution in [0.3, 0.4) is 0 Å². The highest BCUT2D eigenvalue weighted by Gasteiger charge is 2.52. The lowest BCUT2D eigenvalue weighted by atomic mass is 9.86. The van der Waals surface area contributed by atoms with E-state index in [9.17, 15) is 4.79 Å². The summed E-state index contributed by atoms with van der Waals surface area (Å²) in [6.45, 7) is 18.4. The zero-order valence-electron chi connectivity index (χ0n) is 18.9. The monoisotopic (exact) mass is 393 g/mol. The van der Waals surface area contributed by atoms with Crippen LogP contribution in [0.1, 0.15) is 87.0 Å². The number of carbonyl (C=O) groups excluding carboxylic acids is 1. The van der Waals surface area contributed by atoms with Gasteiger partial charge in [-0.15, -0.1) is 0 Å². The molecule has 1 atom stereocenters. The number of likely N-dealkylation sites (tertiary alicyclic amines) is 1. The minimum absolute atomic E-state index is 0.110. The Hall–Kier alpha value is -1.54. The molecule has 0 spiro atoms. The fraction of sp³-hybridized carbons (Fsp3) is 0.800. The number of aromatic nitrogens is 2. The van der Waals surface area contributed by atoms with Crippen LogP contribution in [0.5, 0.6) is 0 Å². The quantitative estimate of drug-likeness (QED) is 0.774. The van der Waals surface area contributed by atoms with E-state index in [0.717, 1.165) is 24.3 Å². The Morgan fingerprint density at radius 2 is 1.82 bits per heavy atom. The van der Waals surface area contributed by atoms with Crippen LogP contribution < -0.4 is 5.59 Å². The van der Waals surface area contributed by atoms with Crippen molar-refractivity contribution in [2.24, 2.45) is 0 Å². The molecule has 0 aromatic carbocycles. The first-order valence-corrected chi connectivity index (χ1v) is 10.3. The number of aromatic amines is 1. The average Bonchev–Trinajstić information content (AvgIpc) is 3.26. The Balaban J connectivity index is 0.00000136. The fourth-order valence-corrected chi connectivity index (χ4v) is 3.20. The van der Waals surface area contributed by atoms with Crippen LogP contribution in [-0.4, -0.2) is 51.4 Å². The standard InChI is InChI=1S/C18H30BN3O4.C2H6/c1-16(2,3)24-15(23)22-10-8-9-12(22)14-20-11-13(21-14)19-25-17(4,5)18(6,7)26-19;1-2/h11-12H,8-10H2,1-7H3,(H,20,21);1-2H3. The van der Waals surface area contributed by atoms with E-state index in [1.165, 1.54) is 0 Å². The van der Waals surface area contributed by atoms with Crippen molar-refractivity contribution in [2.45, 2.75) is 98.0 Å². The number of nitrogens with one attached hydrogen (secondary N) is 1. The number of nitrogens with zero attached hydrogens (tertiary/aromatic N) is 2. The Morgan fingerprint density at radius 3 is 2.36 bits per heavy atom. The molecule has 2 fully saturated rings. The Morgan fingerprint density at radius 1 is 1.25 bits per heavy atom. The number of carbonyl (C=O) groups is 1. The molecule has 1 N–H and O–H groups in total. The molecule has 1 amide bonds. The lowest BCUT2D eigenvalue weighted by molar-refractivity contribution is 0.00578. The van der Waals surface area contributed by atoms with Gasteiger partial charge in [0.15, 0.2) is 0 Å². The highest BCUT2D eigenvalue weighted by atomic mass is 16.7. The molecule has 7 nitrogen and oxygen atoms in total. The van der Waals surface area contributed by atoms with Crippen LogP contribution >= 0.6 is 0 Å². The molecule has 2 aliphatic heterocycles. The highest BCUT2D eigenvalue weighted by molar-refractivity contribution is 6.61. The predicted molar refractivity (Wildman–Crippen MR) is 111 cm³/mol. The summed E-state index contributed by atoms with van der Waals surface area (Å²) in [5, 5.41) is 0. The van der Waals surface area contributed by atoms with Crippen molar-refractivity contribution in [3.63, 3.8) is 0 Å². The summed E-state index contributed by atoms with van der Waals surface area (Å²) in [4.78, 5) is 22.1. The molecule has 1 aromatic heterocycles. The van der Waals surface area contributed by atoms with E-state index in [0.29, 0.717) is 6.54 Å². The van der Waals surface area contributed by atoms with Gasteiger partial charge in [0, 0.05) is 12.7 Å². The van der Waals surface area contributed by atoms with Crippen molar-refractivity contribution in [1.82, 2.24) is 14.9 Å². The molecular formula is C20H36BN3O4. The number of rotatable bonds is 2. The molecule has 0 radical (unpaired) electrons. The topological polar surface area (TPSA) is 76.7 Å². The van der Waals surface area contributed by atoms with Gasteiger partial charge in [0.25, 0.3) is 0 Å². The van der Waals surface area contributed by atoms with Crippen LogP contribution in [0.25, 0.3) is 0 Å². The summed E-state index contributed by atoms with van der Waals surface area (Å²) in [5.74, 6) is 0.748. The number of hydrogen-bond donors (Lipinski definition) is 1. The second kappa shape index (κ2) is 8.07. The zero-order valence-corrected chi connectivity index (χ0v) is 18.9. The van der Waals surface area contributed by atoms with E-state index in [1.807, 2.05) is 62.3 Å². The van der Waals surface area contributed by atoms with E-state index in [4.69, 9.17) is 14.0 Å². The summed E-state index contributed by atoms with van der Waals surface area (Å²) < 4.78 is 17.7. The second-order valence-corrected chi connectivity index (χ2v) is 9.14. The molecule has 3 heterocycles. The average molecular weight is 393 g/mol. The molecule has 0 saturated carbocycles. The second-order valence-electron chi connectivity index (χ2n) is 9.14. The third-order valence-corrected chi connectivity index (χ3v) is 5.32. The van der Waals surface area contributed by atoms with Gasteiger partial charge in [-0.3, -0.25) is 4.90 Å². The SMILES string of the molecule is CC.CC(C)(C)OC(=O)N1CCCC1c1ncc(B2OC(C)(C)C(C)(C)O2)[nH]1. The number of imidazole rings is 1. The van der Waals surface area contributed by atoms with Crippen LogP contribution in [0.2, 0.25) is 0 Å². The van der Waals surface area contributed by atoms with E-state index >= 15 is 0 Å². The number of amides is 1. The summed E-state index contributed by atoms with van der Waals surface area (Å²) in [5.41, 5.74) is -0.548. The first-order valence-electron chi connectivity index (χ1n) is 10.3. The van der Waals surface area contributed by atoms with Crippen molar-refractivity contribution >= 4 is 18.8 Å². The third-order valence-electron chi connectivity index (χ3n) is 5.32. The molecule has 0 aliphatic carbocycles. The molecule has 158 valence electrons. The zero-order chi connectivity index (χ0) is 21.3. The smallest absolute Gasteiger partial charge is 0.444 e. The fourth-order valence-electron chi connectivity index (χ4n) is 3.20. The number of H-pyrrole nitrogens is 1. The Bertz CT molecular complexity index is 665. The summed E-state index contributed by atoms with van der Waals surface area (Å²) >= 11 is 0. The maximum absolute atomic E-state index is 12.5. The van der Waals surface area contributed by atoms with Gasteiger partial charge in [0.2, 0.25) is 0 Å². The largest absolute Gasteiger partial charge is 0.513 e. The number of ether oxygens (including phenoxy) is 1.